The van der Waals surface area contributed by atoms with Crippen molar-refractivity contribution in [3.8, 4) is 5.75 Å². The standard InChI is InChI=1S/C12H14F2O4/c1-6-4-5-7(11(13)14)10(17-2)8(6)9(15)12(16)18-3/h4-5,9,11,15H,1-3H3. The van der Waals surface area contributed by atoms with Gasteiger partial charge in [-0.15, -0.1) is 0 Å². The van der Waals surface area contributed by atoms with Gasteiger partial charge in [0.25, 0.3) is 6.43 Å². The van der Waals surface area contributed by atoms with E-state index in [9.17, 15) is 18.7 Å². The van der Waals surface area contributed by atoms with Crippen LogP contribution in [0.2, 0.25) is 0 Å². The molecule has 0 aliphatic heterocycles. The molecular weight excluding hydrogens is 246 g/mol. The Hall–Kier alpha value is -1.69. The lowest BCUT2D eigenvalue weighted by Gasteiger charge is -2.18. The van der Waals surface area contributed by atoms with Gasteiger partial charge in [0.1, 0.15) is 5.75 Å². The molecule has 1 aromatic carbocycles. The molecule has 6 heteroatoms. The van der Waals surface area contributed by atoms with Crippen molar-refractivity contribution in [2.75, 3.05) is 14.2 Å². The quantitative estimate of drug-likeness (QED) is 0.843. The zero-order chi connectivity index (χ0) is 13.9. The first-order chi connectivity index (χ1) is 8.43. The number of aliphatic hydroxyl groups is 1. The Morgan fingerprint density at radius 1 is 1.33 bits per heavy atom. The summed E-state index contributed by atoms with van der Waals surface area (Å²) in [5.74, 6) is -1.12. The summed E-state index contributed by atoms with van der Waals surface area (Å²) in [6.45, 7) is 1.58. The van der Waals surface area contributed by atoms with Crippen molar-refractivity contribution in [1.82, 2.24) is 0 Å². The van der Waals surface area contributed by atoms with Gasteiger partial charge in [0.2, 0.25) is 0 Å². The highest BCUT2D eigenvalue weighted by atomic mass is 19.3. The molecule has 1 rings (SSSR count). The van der Waals surface area contributed by atoms with Gasteiger partial charge in [-0.2, -0.15) is 0 Å². The third kappa shape index (κ3) is 2.59. The minimum Gasteiger partial charge on any atom is -0.496 e. The fraction of sp³-hybridized carbons (Fsp3) is 0.417. The molecule has 100 valence electrons. The normalized spacial score (nSPS) is 12.4. The summed E-state index contributed by atoms with van der Waals surface area (Å²) in [6, 6.07) is 2.60. The molecule has 0 amide bonds. The Kier molecular flexibility index (Phi) is 4.61. The van der Waals surface area contributed by atoms with Crippen LogP contribution in [0.15, 0.2) is 12.1 Å². The second kappa shape index (κ2) is 5.77. The zero-order valence-corrected chi connectivity index (χ0v) is 10.2. The Morgan fingerprint density at radius 2 is 1.94 bits per heavy atom. The third-order valence-corrected chi connectivity index (χ3v) is 2.58. The highest BCUT2D eigenvalue weighted by Gasteiger charge is 2.27. The Bertz CT molecular complexity index is 446. The minimum absolute atomic E-state index is 0.00199. The van der Waals surface area contributed by atoms with E-state index in [1.807, 2.05) is 0 Å². The molecule has 0 spiro atoms. The number of methoxy groups -OCH3 is 2. The number of halogens is 2. The van der Waals surface area contributed by atoms with Crippen LogP contribution >= 0.6 is 0 Å². The molecule has 0 heterocycles. The maximum atomic E-state index is 12.8. The predicted molar refractivity (Wildman–Crippen MR) is 59.7 cm³/mol. The Balaban J connectivity index is 3.40. The number of hydrogen-bond donors (Lipinski definition) is 1. The van der Waals surface area contributed by atoms with Crippen molar-refractivity contribution in [1.29, 1.82) is 0 Å². The van der Waals surface area contributed by atoms with Gasteiger partial charge in [0.05, 0.1) is 19.8 Å². The van der Waals surface area contributed by atoms with E-state index in [0.29, 0.717) is 5.56 Å². The van der Waals surface area contributed by atoms with Crippen molar-refractivity contribution in [2.24, 2.45) is 0 Å². The monoisotopic (exact) mass is 260 g/mol. The highest BCUT2D eigenvalue weighted by Crippen LogP contribution is 2.37. The van der Waals surface area contributed by atoms with Crippen molar-refractivity contribution in [3.05, 3.63) is 28.8 Å². The second-order valence-electron chi connectivity index (χ2n) is 3.65. The zero-order valence-electron chi connectivity index (χ0n) is 10.2. The molecule has 0 aliphatic carbocycles. The number of aliphatic hydroxyl groups excluding tert-OH is 1. The average molecular weight is 260 g/mol. The molecule has 0 aromatic heterocycles. The van der Waals surface area contributed by atoms with Crippen LogP contribution in [0.1, 0.15) is 29.2 Å². The first kappa shape index (κ1) is 14.4. The smallest absolute Gasteiger partial charge is 0.339 e. The minimum atomic E-state index is -2.76. The van der Waals surface area contributed by atoms with Crippen LogP contribution in [-0.2, 0) is 9.53 Å². The van der Waals surface area contributed by atoms with Gasteiger partial charge in [0.15, 0.2) is 6.10 Å². The van der Waals surface area contributed by atoms with E-state index in [1.54, 1.807) is 6.92 Å². The number of ether oxygens (including phenoxy) is 2. The summed E-state index contributed by atoms with van der Waals surface area (Å²) in [5, 5.41) is 9.79. The van der Waals surface area contributed by atoms with Crippen LogP contribution in [0.5, 0.6) is 5.75 Å². The van der Waals surface area contributed by atoms with Gasteiger partial charge in [-0.05, 0) is 18.6 Å². The molecule has 0 fully saturated rings. The molecule has 0 aliphatic rings. The fourth-order valence-electron chi connectivity index (χ4n) is 1.68. The lowest BCUT2D eigenvalue weighted by Crippen LogP contribution is -2.16. The van der Waals surface area contributed by atoms with Crippen LogP contribution in [0.3, 0.4) is 0 Å². The van der Waals surface area contributed by atoms with E-state index in [0.717, 1.165) is 7.11 Å². The van der Waals surface area contributed by atoms with Gasteiger partial charge in [0, 0.05) is 5.56 Å². The molecule has 1 aromatic rings. The molecule has 0 saturated carbocycles. The van der Waals surface area contributed by atoms with Gasteiger partial charge in [-0.3, -0.25) is 0 Å². The number of carbonyl (C=O) groups is 1. The highest BCUT2D eigenvalue weighted by molar-refractivity contribution is 5.78. The van der Waals surface area contributed by atoms with Crippen molar-refractivity contribution < 1.29 is 28.2 Å². The Labute approximate surface area is 103 Å². The topological polar surface area (TPSA) is 55.8 Å². The first-order valence-electron chi connectivity index (χ1n) is 5.15. The van der Waals surface area contributed by atoms with Crippen molar-refractivity contribution in [3.63, 3.8) is 0 Å². The summed E-state index contributed by atoms with van der Waals surface area (Å²) in [6.07, 6.45) is -4.41. The maximum Gasteiger partial charge on any atom is 0.339 e. The van der Waals surface area contributed by atoms with Gasteiger partial charge in [-0.25, -0.2) is 13.6 Å². The summed E-state index contributed by atoms with van der Waals surface area (Å²) in [4.78, 5) is 11.3. The number of esters is 1. The van der Waals surface area contributed by atoms with E-state index in [4.69, 9.17) is 4.74 Å². The van der Waals surface area contributed by atoms with E-state index in [1.165, 1.54) is 19.2 Å². The fourth-order valence-corrected chi connectivity index (χ4v) is 1.68. The molecule has 0 bridgehead atoms. The molecule has 0 radical (unpaired) electrons. The van der Waals surface area contributed by atoms with Crippen LogP contribution < -0.4 is 4.74 Å². The summed E-state index contributed by atoms with van der Waals surface area (Å²) in [5.41, 5.74) is 0.0948. The van der Waals surface area contributed by atoms with Crippen molar-refractivity contribution in [2.45, 2.75) is 19.5 Å². The lowest BCUT2D eigenvalue weighted by atomic mass is 9.98. The van der Waals surface area contributed by atoms with E-state index in [2.05, 4.69) is 4.74 Å². The first-order valence-corrected chi connectivity index (χ1v) is 5.15. The lowest BCUT2D eigenvalue weighted by molar-refractivity contribution is -0.150. The molecule has 0 saturated heterocycles. The van der Waals surface area contributed by atoms with Crippen LogP contribution in [0.25, 0.3) is 0 Å². The number of carbonyl (C=O) groups excluding carboxylic acids is 1. The number of rotatable bonds is 4. The number of benzene rings is 1. The number of aryl methyl sites for hydroxylation is 1. The van der Waals surface area contributed by atoms with Crippen LogP contribution in [0.4, 0.5) is 8.78 Å². The number of alkyl halides is 2. The average Bonchev–Trinajstić information content (AvgIpc) is 2.35. The summed E-state index contributed by atoms with van der Waals surface area (Å²) in [7, 11) is 2.30. The second-order valence-corrected chi connectivity index (χ2v) is 3.65. The summed E-state index contributed by atoms with van der Waals surface area (Å²) < 4.78 is 34.9. The molecule has 1 N–H and O–H groups in total. The molecule has 1 unspecified atom stereocenters. The van der Waals surface area contributed by atoms with E-state index < -0.39 is 18.5 Å². The molecular formula is C12H14F2O4. The third-order valence-electron chi connectivity index (χ3n) is 2.58. The van der Waals surface area contributed by atoms with E-state index >= 15 is 0 Å². The van der Waals surface area contributed by atoms with Gasteiger partial charge < -0.3 is 14.6 Å². The van der Waals surface area contributed by atoms with Crippen molar-refractivity contribution >= 4 is 5.97 Å². The van der Waals surface area contributed by atoms with Crippen LogP contribution in [0, 0.1) is 6.92 Å². The largest absolute Gasteiger partial charge is 0.496 e. The molecule has 18 heavy (non-hydrogen) atoms. The Morgan fingerprint density at radius 3 is 2.39 bits per heavy atom. The predicted octanol–water partition coefficient (Wildman–Crippen LogP) is 2.15. The number of hydrogen-bond acceptors (Lipinski definition) is 4. The molecule has 4 nitrogen and oxygen atoms in total. The van der Waals surface area contributed by atoms with Crippen LogP contribution in [-0.4, -0.2) is 25.3 Å². The van der Waals surface area contributed by atoms with Gasteiger partial charge >= 0.3 is 5.97 Å². The maximum absolute atomic E-state index is 12.8. The SMILES string of the molecule is COC(=O)C(O)c1c(C)ccc(C(F)F)c1OC. The van der Waals surface area contributed by atoms with E-state index in [-0.39, 0.29) is 16.9 Å². The molecule has 1 atom stereocenters. The summed E-state index contributed by atoms with van der Waals surface area (Å²) >= 11 is 0. The van der Waals surface area contributed by atoms with Gasteiger partial charge in [-0.1, -0.05) is 6.07 Å².